The number of aromatic nitrogens is 6. The van der Waals surface area contributed by atoms with Crippen molar-refractivity contribution in [1.82, 2.24) is 29.9 Å². The van der Waals surface area contributed by atoms with Gasteiger partial charge < -0.3 is 35.8 Å². The molecular formula is C16H26N8O5. The maximum atomic E-state index is 8.94. The van der Waals surface area contributed by atoms with Crippen LogP contribution < -0.4 is 11.1 Å². The van der Waals surface area contributed by atoms with E-state index in [9.17, 15) is 0 Å². The van der Waals surface area contributed by atoms with Crippen molar-refractivity contribution in [2.75, 3.05) is 63.8 Å². The fraction of sp³-hybridized carbons (Fsp3) is 0.625. The number of hydrogen-bond donors (Lipinski definition) is 5. The van der Waals surface area contributed by atoms with Crippen LogP contribution in [0.2, 0.25) is 0 Å². The minimum absolute atomic E-state index is 0.0171. The van der Waals surface area contributed by atoms with Crippen LogP contribution in [0.1, 0.15) is 11.6 Å². The van der Waals surface area contributed by atoms with Gasteiger partial charge in [0.05, 0.1) is 46.2 Å². The zero-order chi connectivity index (χ0) is 20.9. The zero-order valence-electron chi connectivity index (χ0n) is 16.0. The molecule has 6 N–H and O–H groups in total. The molecule has 0 aliphatic carbocycles. The molecule has 0 unspecified atom stereocenters. The number of nitrogens with one attached hydrogen (secondary N) is 1. The summed E-state index contributed by atoms with van der Waals surface area (Å²) < 4.78 is 10.5. The molecule has 0 saturated carbocycles. The van der Waals surface area contributed by atoms with Crippen LogP contribution in [0.15, 0.2) is 0 Å². The first-order chi connectivity index (χ1) is 14.2. The number of nitrogen functional groups attached to an aromatic ring is 1. The normalized spacial score (nSPS) is 11.0. The Kier molecular flexibility index (Phi) is 10.0. The number of nitrogens with zero attached hydrogens (tertiary/aromatic N) is 6. The van der Waals surface area contributed by atoms with Crippen molar-refractivity contribution in [3.05, 3.63) is 11.6 Å². The van der Waals surface area contributed by atoms with E-state index in [0.29, 0.717) is 37.7 Å². The molecular weight excluding hydrogens is 384 g/mol. The molecule has 0 bridgehead atoms. The lowest BCUT2D eigenvalue weighted by atomic mass is 10.3. The van der Waals surface area contributed by atoms with Crippen LogP contribution in [-0.2, 0) is 22.3 Å². The average Bonchev–Trinajstić information content (AvgIpc) is 2.72. The molecule has 2 heterocycles. The van der Waals surface area contributed by atoms with Crippen molar-refractivity contribution in [3.63, 3.8) is 0 Å². The Morgan fingerprint density at radius 3 is 1.83 bits per heavy atom. The third-order valence-electron chi connectivity index (χ3n) is 3.39. The van der Waals surface area contributed by atoms with Gasteiger partial charge in [-0.05, 0) is 0 Å². The monoisotopic (exact) mass is 410 g/mol. The fourth-order valence-electron chi connectivity index (χ4n) is 2.19. The van der Waals surface area contributed by atoms with E-state index in [0.717, 1.165) is 0 Å². The molecule has 0 spiro atoms. The molecule has 2 aromatic heterocycles. The summed E-state index contributed by atoms with van der Waals surface area (Å²) >= 11 is 0. The fourth-order valence-corrected chi connectivity index (χ4v) is 2.19. The summed E-state index contributed by atoms with van der Waals surface area (Å²) in [5.74, 6) is 1.49. The van der Waals surface area contributed by atoms with Crippen molar-refractivity contribution >= 4 is 11.9 Å². The molecule has 0 amide bonds. The molecule has 13 heteroatoms. The van der Waals surface area contributed by atoms with Crippen LogP contribution >= 0.6 is 0 Å². The van der Waals surface area contributed by atoms with Crippen LogP contribution in [0.4, 0.5) is 11.9 Å². The largest absolute Gasteiger partial charge is 0.395 e. The summed E-state index contributed by atoms with van der Waals surface area (Å²) in [4.78, 5) is 25.4. The van der Waals surface area contributed by atoms with E-state index in [-0.39, 0.29) is 63.1 Å². The van der Waals surface area contributed by atoms with Crippen molar-refractivity contribution in [1.29, 1.82) is 0 Å². The van der Waals surface area contributed by atoms with Crippen molar-refractivity contribution in [3.8, 4) is 11.6 Å². The summed E-state index contributed by atoms with van der Waals surface area (Å²) in [6.45, 7) is 1.13. The molecule has 13 nitrogen and oxygen atoms in total. The quantitative estimate of drug-likeness (QED) is 0.211. The molecule has 0 radical (unpaired) electrons. The second-order valence-electron chi connectivity index (χ2n) is 5.65. The molecule has 0 aromatic carbocycles. The van der Waals surface area contributed by atoms with Gasteiger partial charge in [-0.3, -0.25) is 0 Å². The van der Waals surface area contributed by atoms with Gasteiger partial charge in [0.25, 0.3) is 0 Å². The lowest BCUT2D eigenvalue weighted by molar-refractivity contribution is 0.0924. The predicted molar refractivity (Wildman–Crippen MR) is 102 cm³/mol. The maximum Gasteiger partial charge on any atom is 0.228 e. The Balaban J connectivity index is 2.24. The SMILES string of the molecule is Nc1nc(NCCO)nc(-c2nc(CCOCCO)nc(CCOCCO)n2)n1. The Labute approximate surface area is 167 Å². The van der Waals surface area contributed by atoms with Crippen molar-refractivity contribution < 1.29 is 24.8 Å². The summed E-state index contributed by atoms with van der Waals surface area (Å²) in [5.41, 5.74) is 5.75. The first kappa shape index (κ1) is 22.7. The molecule has 2 rings (SSSR count). The van der Waals surface area contributed by atoms with Crippen molar-refractivity contribution in [2.24, 2.45) is 0 Å². The number of aliphatic hydroxyl groups is 3. The standard InChI is InChI=1S/C16H26N8O5/c17-15-22-14(23-16(24-15)18-3-4-25)13-20-11(1-7-28-9-5-26)19-12(21-13)2-8-29-10-6-27/h25-27H,1-10H2,(H3,17,18,22,23,24). The van der Waals surface area contributed by atoms with Crippen LogP contribution in [0, 0.1) is 0 Å². The van der Waals surface area contributed by atoms with Gasteiger partial charge in [0, 0.05) is 19.4 Å². The topological polar surface area (TPSA) is 195 Å². The van der Waals surface area contributed by atoms with E-state index in [4.69, 9.17) is 30.5 Å². The highest BCUT2D eigenvalue weighted by Gasteiger charge is 2.14. The number of nitrogens with two attached hydrogens (primary N) is 1. The van der Waals surface area contributed by atoms with Gasteiger partial charge in [0.1, 0.15) is 11.6 Å². The molecule has 2 aromatic rings. The first-order valence-electron chi connectivity index (χ1n) is 9.14. The van der Waals surface area contributed by atoms with Crippen LogP contribution in [0.5, 0.6) is 0 Å². The Morgan fingerprint density at radius 1 is 0.690 bits per heavy atom. The summed E-state index contributed by atoms with van der Waals surface area (Å²) in [6.07, 6.45) is 0.798. The molecule has 29 heavy (non-hydrogen) atoms. The highest BCUT2D eigenvalue weighted by atomic mass is 16.5. The van der Waals surface area contributed by atoms with Crippen molar-refractivity contribution in [2.45, 2.75) is 12.8 Å². The van der Waals surface area contributed by atoms with Gasteiger partial charge in [0.15, 0.2) is 0 Å². The van der Waals surface area contributed by atoms with E-state index >= 15 is 0 Å². The Hall–Kier alpha value is -2.58. The van der Waals surface area contributed by atoms with Gasteiger partial charge in [-0.1, -0.05) is 0 Å². The summed E-state index contributed by atoms with van der Waals surface area (Å²) in [7, 11) is 0. The van der Waals surface area contributed by atoms with E-state index in [1.165, 1.54) is 0 Å². The predicted octanol–water partition coefficient (Wildman–Crippen LogP) is -2.19. The molecule has 0 fully saturated rings. The minimum atomic E-state index is -0.0946. The molecule has 0 atom stereocenters. The zero-order valence-corrected chi connectivity index (χ0v) is 16.0. The molecule has 160 valence electrons. The van der Waals surface area contributed by atoms with Gasteiger partial charge in [0.2, 0.25) is 23.5 Å². The first-order valence-corrected chi connectivity index (χ1v) is 9.14. The summed E-state index contributed by atoms with van der Waals surface area (Å²) in [5, 5.41) is 29.4. The van der Waals surface area contributed by atoms with Gasteiger partial charge in [-0.25, -0.2) is 15.0 Å². The third kappa shape index (κ3) is 8.13. The van der Waals surface area contributed by atoms with E-state index in [1.807, 2.05) is 0 Å². The van der Waals surface area contributed by atoms with Gasteiger partial charge in [-0.2, -0.15) is 15.0 Å². The van der Waals surface area contributed by atoms with E-state index in [1.54, 1.807) is 0 Å². The van der Waals surface area contributed by atoms with Crippen LogP contribution in [0.25, 0.3) is 11.6 Å². The molecule has 0 saturated heterocycles. The number of anilines is 2. The highest BCUT2D eigenvalue weighted by molar-refractivity contribution is 5.48. The third-order valence-corrected chi connectivity index (χ3v) is 3.39. The number of rotatable bonds is 14. The van der Waals surface area contributed by atoms with Gasteiger partial charge >= 0.3 is 0 Å². The second-order valence-corrected chi connectivity index (χ2v) is 5.65. The Bertz CT molecular complexity index is 721. The average molecular weight is 410 g/mol. The number of hydrogen-bond acceptors (Lipinski definition) is 13. The Morgan fingerprint density at radius 2 is 1.28 bits per heavy atom. The van der Waals surface area contributed by atoms with E-state index < -0.39 is 0 Å². The molecule has 0 aliphatic rings. The number of ether oxygens (including phenoxy) is 2. The highest BCUT2D eigenvalue weighted by Crippen LogP contribution is 2.14. The summed E-state index contributed by atoms with van der Waals surface area (Å²) in [6, 6.07) is 0. The lowest BCUT2D eigenvalue weighted by Gasteiger charge is -2.09. The van der Waals surface area contributed by atoms with Gasteiger partial charge in [-0.15, -0.1) is 0 Å². The van der Waals surface area contributed by atoms with Crippen LogP contribution in [-0.4, -0.2) is 98.0 Å². The van der Waals surface area contributed by atoms with E-state index in [2.05, 4.69) is 35.2 Å². The molecule has 0 aliphatic heterocycles. The second kappa shape index (κ2) is 12.8. The minimum Gasteiger partial charge on any atom is -0.395 e. The number of aliphatic hydroxyl groups excluding tert-OH is 3. The smallest absolute Gasteiger partial charge is 0.228 e. The van der Waals surface area contributed by atoms with Crippen LogP contribution in [0.3, 0.4) is 0 Å². The maximum absolute atomic E-state index is 8.94. The lowest BCUT2D eigenvalue weighted by Crippen LogP contribution is -2.14.